The Kier molecular flexibility index (Phi) is 6.18. The van der Waals surface area contributed by atoms with Crippen LogP contribution < -0.4 is 11.1 Å². The Balaban J connectivity index is 1.57. The molecule has 2 heterocycles. The molecule has 3 N–H and O–H groups in total. The van der Waals surface area contributed by atoms with Crippen LogP contribution in [0.15, 0.2) is 24.3 Å². The van der Waals surface area contributed by atoms with Crippen molar-refractivity contribution in [1.82, 2.24) is 14.3 Å². The van der Waals surface area contributed by atoms with Gasteiger partial charge in [0.2, 0.25) is 11.0 Å². The molecule has 8 heteroatoms. The lowest BCUT2D eigenvalue weighted by Crippen LogP contribution is -2.40. The van der Waals surface area contributed by atoms with E-state index in [1.807, 2.05) is 38.1 Å². The quantitative estimate of drug-likeness (QED) is 0.793. The molecule has 1 aromatic carbocycles. The van der Waals surface area contributed by atoms with E-state index in [0.717, 1.165) is 37.3 Å². The highest BCUT2D eigenvalue weighted by atomic mass is 32.1. The second-order valence-corrected chi connectivity index (χ2v) is 7.99. The second kappa shape index (κ2) is 8.58. The van der Waals surface area contributed by atoms with Crippen LogP contribution >= 0.6 is 11.5 Å². The number of likely N-dealkylation sites (tertiary alicyclic amines) is 1. The van der Waals surface area contributed by atoms with Gasteiger partial charge in [0.15, 0.2) is 0 Å². The van der Waals surface area contributed by atoms with Crippen molar-refractivity contribution in [1.29, 1.82) is 0 Å². The smallest absolute Gasteiger partial charge is 0.257 e. The highest BCUT2D eigenvalue weighted by Crippen LogP contribution is 2.20. The van der Waals surface area contributed by atoms with Gasteiger partial charge in [0.05, 0.1) is 5.92 Å². The predicted molar refractivity (Wildman–Crippen MR) is 106 cm³/mol. The summed E-state index contributed by atoms with van der Waals surface area (Å²) < 4.78 is 4.24. The number of benzene rings is 1. The largest absolute Gasteiger partial charge is 0.369 e. The van der Waals surface area contributed by atoms with Gasteiger partial charge in [-0.2, -0.15) is 4.37 Å². The minimum atomic E-state index is -0.219. The molecule has 7 nitrogen and oxygen atoms in total. The topological polar surface area (TPSA) is 101 Å². The van der Waals surface area contributed by atoms with Crippen LogP contribution in [0.5, 0.6) is 0 Å². The fraction of sp³-hybridized carbons (Fsp3) is 0.474. The van der Waals surface area contributed by atoms with Crippen molar-refractivity contribution in [2.24, 2.45) is 11.7 Å². The standard InChI is InChI=1S/C19H25N5O2S/c1-12(2)17-21-19(27-23-17)22-18(26)14-7-5-13(6-8-14)10-24-9-3-4-15(11-24)16(20)25/h5-8,12,15H,3-4,9-11H2,1-2H3,(H2,20,25)(H,21,22,23,26)/t15-/m0/s1. The van der Waals surface area contributed by atoms with Gasteiger partial charge in [0, 0.05) is 36.1 Å². The Hall–Kier alpha value is -2.32. The second-order valence-electron chi connectivity index (χ2n) is 7.24. The first-order chi connectivity index (χ1) is 12.9. The Bertz CT molecular complexity index is 803. The van der Waals surface area contributed by atoms with E-state index in [-0.39, 0.29) is 23.7 Å². The van der Waals surface area contributed by atoms with E-state index in [1.54, 1.807) is 0 Å². The molecule has 0 unspecified atom stereocenters. The molecule has 1 aliphatic rings. The molecule has 0 saturated carbocycles. The molecule has 1 aromatic heterocycles. The van der Waals surface area contributed by atoms with Crippen molar-refractivity contribution in [3.05, 3.63) is 41.2 Å². The molecule has 1 aliphatic heterocycles. The number of nitrogens with two attached hydrogens (primary N) is 1. The lowest BCUT2D eigenvalue weighted by Gasteiger charge is -2.31. The summed E-state index contributed by atoms with van der Waals surface area (Å²) in [6, 6.07) is 7.51. The zero-order valence-corrected chi connectivity index (χ0v) is 16.5. The normalized spacial score (nSPS) is 17.8. The molecule has 1 atom stereocenters. The van der Waals surface area contributed by atoms with E-state index in [4.69, 9.17) is 5.73 Å². The SMILES string of the molecule is CC(C)c1nsc(NC(=O)c2ccc(CN3CCC[C@H](C(N)=O)C3)cc2)n1. The molecule has 2 amide bonds. The summed E-state index contributed by atoms with van der Waals surface area (Å²) in [5.74, 6) is 0.492. The molecule has 0 spiro atoms. The fourth-order valence-electron chi connectivity index (χ4n) is 3.14. The van der Waals surface area contributed by atoms with Gasteiger partial charge in [-0.25, -0.2) is 4.98 Å². The van der Waals surface area contributed by atoms with Gasteiger partial charge in [0.25, 0.3) is 5.91 Å². The third kappa shape index (κ3) is 5.11. The summed E-state index contributed by atoms with van der Waals surface area (Å²) in [4.78, 5) is 30.3. The molecule has 2 aromatic rings. The van der Waals surface area contributed by atoms with E-state index >= 15 is 0 Å². The summed E-state index contributed by atoms with van der Waals surface area (Å²) in [5.41, 5.74) is 7.12. The molecular formula is C19H25N5O2S. The van der Waals surface area contributed by atoms with Crippen molar-refractivity contribution >= 4 is 28.5 Å². The molecular weight excluding hydrogens is 362 g/mol. The average Bonchev–Trinajstić information content (AvgIpc) is 3.11. The third-order valence-electron chi connectivity index (χ3n) is 4.71. The predicted octanol–water partition coefficient (Wildman–Crippen LogP) is 2.61. The van der Waals surface area contributed by atoms with Crippen LogP contribution in [0.4, 0.5) is 5.13 Å². The third-order valence-corrected chi connectivity index (χ3v) is 5.35. The number of nitrogens with one attached hydrogen (secondary N) is 1. The van der Waals surface area contributed by atoms with Crippen molar-refractivity contribution in [3.8, 4) is 0 Å². The lowest BCUT2D eigenvalue weighted by molar-refractivity contribution is -0.123. The number of rotatable bonds is 6. The van der Waals surface area contributed by atoms with Gasteiger partial charge in [-0.1, -0.05) is 26.0 Å². The van der Waals surface area contributed by atoms with E-state index < -0.39 is 0 Å². The molecule has 0 radical (unpaired) electrons. The van der Waals surface area contributed by atoms with Crippen molar-refractivity contribution in [2.45, 2.75) is 39.2 Å². The first kappa shape index (κ1) is 19.4. The van der Waals surface area contributed by atoms with E-state index in [9.17, 15) is 9.59 Å². The van der Waals surface area contributed by atoms with Crippen LogP contribution in [-0.4, -0.2) is 39.2 Å². The van der Waals surface area contributed by atoms with Gasteiger partial charge >= 0.3 is 0 Å². The van der Waals surface area contributed by atoms with Crippen LogP contribution in [0.2, 0.25) is 0 Å². The zero-order valence-electron chi connectivity index (χ0n) is 15.6. The van der Waals surface area contributed by atoms with Crippen LogP contribution in [0.3, 0.4) is 0 Å². The average molecular weight is 388 g/mol. The van der Waals surface area contributed by atoms with E-state index in [0.29, 0.717) is 17.2 Å². The van der Waals surface area contributed by atoms with Crippen LogP contribution in [0.25, 0.3) is 0 Å². The van der Waals surface area contributed by atoms with E-state index in [2.05, 4.69) is 19.6 Å². The number of hydrogen-bond donors (Lipinski definition) is 2. The number of carbonyl (C=O) groups is 2. The maximum atomic E-state index is 12.4. The van der Waals surface area contributed by atoms with Gasteiger partial charge in [0.1, 0.15) is 5.82 Å². The number of nitrogens with zero attached hydrogens (tertiary/aromatic N) is 3. The molecule has 144 valence electrons. The van der Waals surface area contributed by atoms with Gasteiger partial charge < -0.3 is 5.73 Å². The van der Waals surface area contributed by atoms with Crippen LogP contribution in [0, 0.1) is 5.92 Å². The first-order valence-corrected chi connectivity index (χ1v) is 9.95. The Morgan fingerprint density at radius 1 is 1.33 bits per heavy atom. The molecule has 1 fully saturated rings. The summed E-state index contributed by atoms with van der Waals surface area (Å²) in [5, 5.41) is 3.31. The van der Waals surface area contributed by atoms with Crippen molar-refractivity contribution < 1.29 is 9.59 Å². The number of primary amides is 1. The minimum absolute atomic E-state index is 0.0635. The Morgan fingerprint density at radius 2 is 2.07 bits per heavy atom. The summed E-state index contributed by atoms with van der Waals surface area (Å²) in [6.45, 7) is 6.44. The number of piperidine rings is 1. The number of anilines is 1. The summed E-state index contributed by atoms with van der Waals surface area (Å²) in [6.07, 6.45) is 1.85. The zero-order chi connectivity index (χ0) is 19.4. The Morgan fingerprint density at radius 3 is 2.70 bits per heavy atom. The van der Waals surface area contributed by atoms with Crippen LogP contribution in [0.1, 0.15) is 54.4 Å². The number of amides is 2. The van der Waals surface area contributed by atoms with Gasteiger partial charge in [-0.05, 0) is 37.1 Å². The molecule has 3 rings (SSSR count). The minimum Gasteiger partial charge on any atom is -0.369 e. The molecule has 1 saturated heterocycles. The van der Waals surface area contributed by atoms with Gasteiger partial charge in [-0.15, -0.1) is 0 Å². The van der Waals surface area contributed by atoms with Gasteiger partial charge in [-0.3, -0.25) is 19.8 Å². The summed E-state index contributed by atoms with van der Waals surface area (Å²) in [7, 11) is 0. The first-order valence-electron chi connectivity index (χ1n) is 9.18. The molecule has 27 heavy (non-hydrogen) atoms. The highest BCUT2D eigenvalue weighted by molar-refractivity contribution is 7.09. The van der Waals surface area contributed by atoms with E-state index in [1.165, 1.54) is 11.5 Å². The van der Waals surface area contributed by atoms with Crippen molar-refractivity contribution in [2.75, 3.05) is 18.4 Å². The lowest BCUT2D eigenvalue weighted by atomic mass is 9.97. The maximum absolute atomic E-state index is 12.4. The number of hydrogen-bond acceptors (Lipinski definition) is 6. The molecule has 0 bridgehead atoms. The Labute approximate surface area is 163 Å². The monoisotopic (exact) mass is 387 g/mol. The van der Waals surface area contributed by atoms with Crippen molar-refractivity contribution in [3.63, 3.8) is 0 Å². The van der Waals surface area contributed by atoms with Crippen LogP contribution in [-0.2, 0) is 11.3 Å². The summed E-state index contributed by atoms with van der Waals surface area (Å²) >= 11 is 1.19. The molecule has 0 aliphatic carbocycles. The number of aromatic nitrogens is 2. The highest BCUT2D eigenvalue weighted by Gasteiger charge is 2.23. The fourth-order valence-corrected chi connectivity index (χ4v) is 3.84. The maximum Gasteiger partial charge on any atom is 0.257 e. The number of carbonyl (C=O) groups excluding carboxylic acids is 2.